The van der Waals surface area contributed by atoms with Gasteiger partial charge in [0.25, 0.3) is 0 Å². The second-order valence-corrected chi connectivity index (χ2v) is 4.52. The zero-order valence-electron chi connectivity index (χ0n) is 9.02. The lowest BCUT2D eigenvalue weighted by Gasteiger charge is -2.38. The fourth-order valence-electron chi connectivity index (χ4n) is 2.59. The molecule has 0 unspecified atom stereocenters. The summed E-state index contributed by atoms with van der Waals surface area (Å²) in [6.45, 7) is 3.46. The van der Waals surface area contributed by atoms with E-state index in [2.05, 4.69) is 4.90 Å². The van der Waals surface area contributed by atoms with Gasteiger partial charge in [0.1, 0.15) is 0 Å². The van der Waals surface area contributed by atoms with E-state index in [0.717, 1.165) is 52.0 Å². The molecular formula is C11H19NO3. The van der Waals surface area contributed by atoms with E-state index >= 15 is 0 Å². The number of likely N-dealkylation sites (tertiary alicyclic amines) is 1. The molecule has 2 aliphatic heterocycles. The summed E-state index contributed by atoms with van der Waals surface area (Å²) in [6, 6.07) is 0.556. The van der Waals surface area contributed by atoms with Crippen LogP contribution >= 0.6 is 0 Å². The van der Waals surface area contributed by atoms with E-state index in [1.54, 1.807) is 0 Å². The molecule has 0 aliphatic carbocycles. The van der Waals surface area contributed by atoms with Crippen LogP contribution in [0.2, 0.25) is 0 Å². The molecular weight excluding hydrogens is 194 g/mol. The minimum absolute atomic E-state index is 0.151. The molecule has 86 valence electrons. The van der Waals surface area contributed by atoms with Crippen molar-refractivity contribution in [2.45, 2.75) is 31.7 Å². The van der Waals surface area contributed by atoms with E-state index in [0.29, 0.717) is 6.04 Å². The Hall–Kier alpha value is -0.610. The number of hydrogen-bond donors (Lipinski definition) is 1. The second kappa shape index (κ2) is 4.94. The van der Waals surface area contributed by atoms with Gasteiger partial charge < -0.3 is 9.84 Å². The summed E-state index contributed by atoms with van der Waals surface area (Å²) in [5, 5.41) is 9.00. The smallest absolute Gasteiger partial charge is 0.307 e. The quantitative estimate of drug-likeness (QED) is 0.742. The Morgan fingerprint density at radius 3 is 2.67 bits per heavy atom. The fourth-order valence-corrected chi connectivity index (χ4v) is 2.59. The van der Waals surface area contributed by atoms with E-state index in [1.165, 1.54) is 0 Å². The Balaban J connectivity index is 1.88. The first-order chi connectivity index (χ1) is 7.27. The van der Waals surface area contributed by atoms with Gasteiger partial charge in [-0.3, -0.25) is 9.69 Å². The molecule has 2 saturated heterocycles. The molecule has 2 fully saturated rings. The summed E-state index contributed by atoms with van der Waals surface area (Å²) in [6.07, 6.45) is 3.99. The Kier molecular flexibility index (Phi) is 3.59. The summed E-state index contributed by atoms with van der Waals surface area (Å²) >= 11 is 0. The first-order valence-corrected chi connectivity index (χ1v) is 5.82. The first kappa shape index (κ1) is 10.9. The van der Waals surface area contributed by atoms with E-state index in [1.807, 2.05) is 0 Å². The molecule has 0 radical (unpaired) electrons. The van der Waals surface area contributed by atoms with Crippen LogP contribution in [0.1, 0.15) is 25.7 Å². The van der Waals surface area contributed by atoms with Gasteiger partial charge in [0.05, 0.1) is 5.92 Å². The van der Waals surface area contributed by atoms with Crippen molar-refractivity contribution in [3.8, 4) is 0 Å². The monoisotopic (exact) mass is 213 g/mol. The lowest BCUT2D eigenvalue weighted by Crippen LogP contribution is -2.46. The predicted molar refractivity (Wildman–Crippen MR) is 55.8 cm³/mol. The summed E-state index contributed by atoms with van der Waals surface area (Å²) in [5.41, 5.74) is 0. The Bertz CT molecular complexity index is 226. The number of piperidine rings is 1. The Morgan fingerprint density at radius 2 is 2.00 bits per heavy atom. The molecule has 0 amide bonds. The number of aliphatic carboxylic acids is 1. The van der Waals surface area contributed by atoms with E-state index in [4.69, 9.17) is 9.84 Å². The number of nitrogens with zero attached hydrogens (tertiary/aromatic N) is 1. The van der Waals surface area contributed by atoms with Gasteiger partial charge in [-0.1, -0.05) is 0 Å². The Morgan fingerprint density at radius 1 is 1.27 bits per heavy atom. The summed E-state index contributed by atoms with van der Waals surface area (Å²) < 4.78 is 5.32. The van der Waals surface area contributed by atoms with Crippen molar-refractivity contribution in [1.29, 1.82) is 0 Å². The van der Waals surface area contributed by atoms with E-state index < -0.39 is 5.97 Å². The molecule has 0 aromatic carbocycles. The van der Waals surface area contributed by atoms with Gasteiger partial charge in [-0.2, -0.15) is 0 Å². The zero-order chi connectivity index (χ0) is 10.7. The van der Waals surface area contributed by atoms with Crippen molar-refractivity contribution in [1.82, 2.24) is 4.90 Å². The normalized spacial score (nSPS) is 30.3. The molecule has 4 heteroatoms. The molecule has 2 heterocycles. The van der Waals surface area contributed by atoms with Gasteiger partial charge >= 0.3 is 5.97 Å². The molecule has 2 rings (SSSR count). The topological polar surface area (TPSA) is 49.8 Å². The van der Waals surface area contributed by atoms with Crippen molar-refractivity contribution in [2.24, 2.45) is 5.92 Å². The largest absolute Gasteiger partial charge is 0.481 e. The standard InChI is InChI=1S/C11H19NO3/c13-11(14)9-2-1-5-12(8-9)10-3-6-15-7-4-10/h9-10H,1-8H2,(H,13,14)/t9-/m1/s1. The van der Waals surface area contributed by atoms with E-state index in [-0.39, 0.29) is 5.92 Å². The minimum atomic E-state index is -0.633. The number of carbonyl (C=O) groups is 1. The van der Waals surface area contributed by atoms with Gasteiger partial charge in [-0.05, 0) is 32.2 Å². The molecule has 0 spiro atoms. The van der Waals surface area contributed by atoms with Crippen LogP contribution in [0, 0.1) is 5.92 Å². The number of carboxylic acid groups (broad SMARTS) is 1. The molecule has 1 N–H and O–H groups in total. The maximum Gasteiger partial charge on any atom is 0.307 e. The third-order valence-corrected chi connectivity index (χ3v) is 3.51. The maximum absolute atomic E-state index is 10.9. The number of ether oxygens (including phenoxy) is 1. The highest BCUT2D eigenvalue weighted by Crippen LogP contribution is 2.22. The highest BCUT2D eigenvalue weighted by molar-refractivity contribution is 5.70. The van der Waals surface area contributed by atoms with Crippen LogP contribution in [0.15, 0.2) is 0 Å². The third kappa shape index (κ3) is 2.69. The van der Waals surface area contributed by atoms with Crippen LogP contribution in [-0.4, -0.2) is 48.3 Å². The van der Waals surface area contributed by atoms with Gasteiger partial charge in [0, 0.05) is 25.8 Å². The van der Waals surface area contributed by atoms with Crippen molar-refractivity contribution >= 4 is 5.97 Å². The van der Waals surface area contributed by atoms with Crippen LogP contribution in [0.3, 0.4) is 0 Å². The fraction of sp³-hybridized carbons (Fsp3) is 0.909. The lowest BCUT2D eigenvalue weighted by atomic mass is 9.95. The van der Waals surface area contributed by atoms with Crippen molar-refractivity contribution in [3.05, 3.63) is 0 Å². The zero-order valence-corrected chi connectivity index (χ0v) is 9.02. The average Bonchev–Trinajstić information content (AvgIpc) is 2.30. The maximum atomic E-state index is 10.9. The van der Waals surface area contributed by atoms with E-state index in [9.17, 15) is 4.79 Å². The summed E-state index contributed by atoms with van der Waals surface area (Å²) in [4.78, 5) is 13.3. The van der Waals surface area contributed by atoms with Gasteiger partial charge in [0.2, 0.25) is 0 Å². The molecule has 0 bridgehead atoms. The van der Waals surface area contributed by atoms with Crippen LogP contribution < -0.4 is 0 Å². The van der Waals surface area contributed by atoms with Gasteiger partial charge in [-0.15, -0.1) is 0 Å². The molecule has 0 saturated carbocycles. The SMILES string of the molecule is O=C(O)[C@@H]1CCCN(C2CCOCC2)C1. The molecule has 1 atom stereocenters. The minimum Gasteiger partial charge on any atom is -0.481 e. The molecule has 2 aliphatic rings. The Labute approximate surface area is 90.2 Å². The van der Waals surface area contributed by atoms with Crippen molar-refractivity contribution in [3.63, 3.8) is 0 Å². The lowest BCUT2D eigenvalue weighted by molar-refractivity contribution is -0.144. The third-order valence-electron chi connectivity index (χ3n) is 3.51. The highest BCUT2D eigenvalue weighted by Gasteiger charge is 2.30. The summed E-state index contributed by atoms with van der Waals surface area (Å²) in [7, 11) is 0. The molecule has 0 aromatic heterocycles. The summed E-state index contributed by atoms with van der Waals surface area (Å²) in [5.74, 6) is -0.784. The van der Waals surface area contributed by atoms with Crippen LogP contribution in [-0.2, 0) is 9.53 Å². The molecule has 0 aromatic rings. The van der Waals surface area contributed by atoms with Gasteiger partial charge in [0.15, 0.2) is 0 Å². The number of rotatable bonds is 2. The van der Waals surface area contributed by atoms with Gasteiger partial charge in [-0.25, -0.2) is 0 Å². The predicted octanol–water partition coefficient (Wildman–Crippen LogP) is 0.962. The number of hydrogen-bond acceptors (Lipinski definition) is 3. The second-order valence-electron chi connectivity index (χ2n) is 4.52. The highest BCUT2D eigenvalue weighted by atomic mass is 16.5. The van der Waals surface area contributed by atoms with Crippen LogP contribution in [0.25, 0.3) is 0 Å². The van der Waals surface area contributed by atoms with Crippen LogP contribution in [0.4, 0.5) is 0 Å². The average molecular weight is 213 g/mol. The van der Waals surface area contributed by atoms with Crippen molar-refractivity contribution < 1.29 is 14.6 Å². The van der Waals surface area contributed by atoms with Crippen LogP contribution in [0.5, 0.6) is 0 Å². The molecule has 4 nitrogen and oxygen atoms in total. The molecule has 15 heavy (non-hydrogen) atoms. The van der Waals surface area contributed by atoms with Crippen molar-refractivity contribution in [2.75, 3.05) is 26.3 Å². The first-order valence-electron chi connectivity index (χ1n) is 5.82. The number of carboxylic acids is 1.